The van der Waals surface area contributed by atoms with Gasteiger partial charge in [0.25, 0.3) is 5.91 Å². The molecule has 0 spiro atoms. The van der Waals surface area contributed by atoms with Crippen LogP contribution in [0.2, 0.25) is 5.02 Å². The number of anilines is 1. The Kier molecular flexibility index (Phi) is 4.98. The Labute approximate surface area is 169 Å². The van der Waals surface area contributed by atoms with Crippen LogP contribution in [0.15, 0.2) is 41.8 Å². The zero-order valence-electron chi connectivity index (χ0n) is 14.4. The van der Waals surface area contributed by atoms with Gasteiger partial charge in [-0.1, -0.05) is 17.7 Å². The van der Waals surface area contributed by atoms with Crippen LogP contribution >= 0.6 is 22.9 Å². The number of nitrogens with zero attached hydrogens (tertiary/aromatic N) is 2. The summed E-state index contributed by atoms with van der Waals surface area (Å²) in [7, 11) is -3.11. The SMILES string of the molecule is O=C(Nc1ccc(F)c(Cl)c1)c1cc(-c2cccs2)n([C@H]2CCS(=O)(=O)C2)n1. The van der Waals surface area contributed by atoms with E-state index in [4.69, 9.17) is 11.6 Å². The van der Waals surface area contributed by atoms with E-state index in [-0.39, 0.29) is 28.3 Å². The molecule has 0 radical (unpaired) electrons. The normalized spacial score (nSPS) is 18.3. The Morgan fingerprint density at radius 3 is 2.79 bits per heavy atom. The number of aromatic nitrogens is 2. The van der Waals surface area contributed by atoms with Gasteiger partial charge in [0.2, 0.25) is 0 Å². The number of rotatable bonds is 4. The molecule has 1 aliphatic rings. The molecular weight excluding hydrogens is 425 g/mol. The third kappa shape index (κ3) is 3.82. The van der Waals surface area contributed by atoms with E-state index in [9.17, 15) is 17.6 Å². The van der Waals surface area contributed by atoms with Crippen molar-refractivity contribution in [1.29, 1.82) is 0 Å². The maximum absolute atomic E-state index is 13.3. The molecule has 4 rings (SSSR count). The fourth-order valence-electron chi connectivity index (χ4n) is 3.13. The number of carbonyl (C=O) groups excluding carboxylic acids is 1. The smallest absolute Gasteiger partial charge is 0.276 e. The lowest BCUT2D eigenvalue weighted by atomic mass is 10.2. The first-order chi connectivity index (χ1) is 13.3. The molecule has 0 bridgehead atoms. The Morgan fingerprint density at radius 1 is 1.32 bits per heavy atom. The first-order valence-electron chi connectivity index (χ1n) is 8.43. The van der Waals surface area contributed by atoms with Crippen LogP contribution in [0.1, 0.15) is 23.0 Å². The number of halogens is 2. The number of hydrogen-bond acceptors (Lipinski definition) is 5. The van der Waals surface area contributed by atoms with Crippen LogP contribution < -0.4 is 5.32 Å². The number of amides is 1. The van der Waals surface area contributed by atoms with E-state index in [0.29, 0.717) is 17.8 Å². The van der Waals surface area contributed by atoms with Crippen molar-refractivity contribution in [2.45, 2.75) is 12.5 Å². The van der Waals surface area contributed by atoms with Crippen LogP contribution in [0.5, 0.6) is 0 Å². The van der Waals surface area contributed by atoms with Crippen LogP contribution in [0.3, 0.4) is 0 Å². The van der Waals surface area contributed by atoms with E-state index in [2.05, 4.69) is 10.4 Å². The van der Waals surface area contributed by atoms with Crippen molar-refractivity contribution in [3.63, 3.8) is 0 Å². The van der Waals surface area contributed by atoms with Crippen molar-refractivity contribution >= 4 is 44.4 Å². The minimum absolute atomic E-state index is 0.00167. The summed E-state index contributed by atoms with van der Waals surface area (Å²) in [4.78, 5) is 13.5. The van der Waals surface area contributed by atoms with Gasteiger partial charge in [0.15, 0.2) is 15.5 Å². The average Bonchev–Trinajstić information content (AvgIpc) is 3.36. The molecule has 3 heterocycles. The summed E-state index contributed by atoms with van der Waals surface area (Å²) in [5, 5.41) is 8.83. The standard InChI is InChI=1S/C18H15ClFN3O3S2/c19-13-8-11(3-4-14(13)20)21-18(24)15-9-16(17-2-1-6-27-17)23(22-15)12-5-7-28(25,26)10-12/h1-4,6,8-9,12H,5,7,10H2,(H,21,24)/t12-/m0/s1. The summed E-state index contributed by atoms with van der Waals surface area (Å²) in [5.41, 5.74) is 1.18. The van der Waals surface area contributed by atoms with Crippen molar-refractivity contribution < 1.29 is 17.6 Å². The second-order valence-electron chi connectivity index (χ2n) is 6.48. The van der Waals surface area contributed by atoms with Gasteiger partial charge in [0.05, 0.1) is 33.1 Å². The van der Waals surface area contributed by atoms with Gasteiger partial charge in [-0.3, -0.25) is 9.48 Å². The van der Waals surface area contributed by atoms with E-state index in [0.717, 1.165) is 10.9 Å². The molecule has 3 aromatic rings. The Balaban J connectivity index is 1.67. The van der Waals surface area contributed by atoms with Crippen LogP contribution in [-0.4, -0.2) is 35.6 Å². The first-order valence-corrected chi connectivity index (χ1v) is 11.5. The molecule has 1 atom stereocenters. The predicted molar refractivity (Wildman–Crippen MR) is 107 cm³/mol. The Morgan fingerprint density at radius 2 is 2.14 bits per heavy atom. The minimum Gasteiger partial charge on any atom is -0.321 e. The summed E-state index contributed by atoms with van der Waals surface area (Å²) in [6.07, 6.45) is 0.455. The van der Waals surface area contributed by atoms with Crippen LogP contribution in [-0.2, 0) is 9.84 Å². The number of hydrogen-bond donors (Lipinski definition) is 1. The van der Waals surface area contributed by atoms with Gasteiger partial charge in [-0.15, -0.1) is 11.3 Å². The van der Waals surface area contributed by atoms with Crippen molar-refractivity contribution in [3.8, 4) is 10.6 Å². The van der Waals surface area contributed by atoms with Crippen molar-refractivity contribution in [3.05, 3.63) is 58.3 Å². The second-order valence-corrected chi connectivity index (χ2v) is 10.1. The zero-order valence-corrected chi connectivity index (χ0v) is 16.8. The molecule has 10 heteroatoms. The van der Waals surface area contributed by atoms with Gasteiger partial charge < -0.3 is 5.32 Å². The largest absolute Gasteiger partial charge is 0.321 e. The summed E-state index contributed by atoms with van der Waals surface area (Å²) < 4.78 is 38.7. The maximum atomic E-state index is 13.3. The molecule has 1 aromatic carbocycles. The third-order valence-corrected chi connectivity index (χ3v) is 7.41. The molecule has 0 saturated carbocycles. The van der Waals surface area contributed by atoms with Gasteiger partial charge in [-0.25, -0.2) is 12.8 Å². The second kappa shape index (κ2) is 7.31. The van der Waals surface area contributed by atoms with Crippen molar-refractivity contribution in [1.82, 2.24) is 9.78 Å². The van der Waals surface area contributed by atoms with Gasteiger partial charge >= 0.3 is 0 Å². The number of nitrogens with one attached hydrogen (secondary N) is 1. The lowest BCUT2D eigenvalue weighted by Gasteiger charge is -2.12. The highest BCUT2D eigenvalue weighted by molar-refractivity contribution is 7.91. The van der Waals surface area contributed by atoms with Gasteiger partial charge in [-0.05, 0) is 42.1 Å². The van der Waals surface area contributed by atoms with Gasteiger partial charge in [-0.2, -0.15) is 5.10 Å². The van der Waals surface area contributed by atoms with Crippen molar-refractivity contribution in [2.24, 2.45) is 0 Å². The Hall–Kier alpha value is -2.23. The maximum Gasteiger partial charge on any atom is 0.276 e. The lowest BCUT2D eigenvalue weighted by Crippen LogP contribution is -2.16. The van der Waals surface area contributed by atoms with E-state index < -0.39 is 21.6 Å². The first kappa shape index (κ1) is 19.1. The number of thiophene rings is 1. The van der Waals surface area contributed by atoms with Gasteiger partial charge in [0.1, 0.15) is 5.82 Å². The average molecular weight is 440 g/mol. The van der Waals surface area contributed by atoms with Gasteiger partial charge in [0, 0.05) is 5.69 Å². The fourth-order valence-corrected chi connectivity index (χ4v) is 5.74. The zero-order chi connectivity index (χ0) is 19.9. The molecule has 6 nitrogen and oxygen atoms in total. The summed E-state index contributed by atoms with van der Waals surface area (Å²) in [5.74, 6) is -0.954. The number of benzene rings is 1. The van der Waals surface area contributed by atoms with Crippen LogP contribution in [0.4, 0.5) is 10.1 Å². The highest BCUT2D eigenvalue weighted by Crippen LogP contribution is 2.32. The number of carbonyl (C=O) groups is 1. The number of sulfone groups is 1. The fraction of sp³-hybridized carbons (Fsp3) is 0.222. The molecule has 0 unspecified atom stereocenters. The molecule has 0 aliphatic carbocycles. The molecule has 2 aromatic heterocycles. The molecule has 1 aliphatic heterocycles. The third-order valence-electron chi connectivity index (χ3n) is 4.47. The van der Waals surface area contributed by atoms with Crippen LogP contribution in [0, 0.1) is 5.82 Å². The van der Waals surface area contributed by atoms with E-state index in [1.807, 2.05) is 17.5 Å². The highest BCUT2D eigenvalue weighted by atomic mass is 35.5. The quantitative estimate of drug-likeness (QED) is 0.665. The molecule has 1 saturated heterocycles. The minimum atomic E-state index is -3.11. The Bertz CT molecular complexity index is 1140. The highest BCUT2D eigenvalue weighted by Gasteiger charge is 2.32. The summed E-state index contributed by atoms with van der Waals surface area (Å²) in [6, 6.07) is 8.97. The molecule has 1 fully saturated rings. The molecule has 28 heavy (non-hydrogen) atoms. The summed E-state index contributed by atoms with van der Waals surface area (Å²) >= 11 is 7.23. The van der Waals surface area contributed by atoms with E-state index in [1.54, 1.807) is 10.7 Å². The van der Waals surface area contributed by atoms with Crippen molar-refractivity contribution in [2.75, 3.05) is 16.8 Å². The van der Waals surface area contributed by atoms with E-state index >= 15 is 0 Å². The topological polar surface area (TPSA) is 81.1 Å². The van der Waals surface area contributed by atoms with E-state index in [1.165, 1.54) is 23.5 Å². The molecular formula is C18H15ClFN3O3S2. The monoisotopic (exact) mass is 439 g/mol. The van der Waals surface area contributed by atoms with Crippen LogP contribution in [0.25, 0.3) is 10.6 Å². The molecule has 146 valence electrons. The molecule has 1 N–H and O–H groups in total. The lowest BCUT2D eigenvalue weighted by molar-refractivity contribution is 0.102. The summed E-state index contributed by atoms with van der Waals surface area (Å²) in [6.45, 7) is 0. The predicted octanol–water partition coefficient (Wildman–Crippen LogP) is 4.02. The molecule has 1 amide bonds.